The van der Waals surface area contributed by atoms with Gasteiger partial charge < -0.3 is 9.84 Å². The largest absolute Gasteiger partial charge is 0.478 e. The van der Waals surface area contributed by atoms with Crippen molar-refractivity contribution in [1.82, 2.24) is 10.2 Å². The van der Waals surface area contributed by atoms with Crippen LogP contribution in [-0.4, -0.2) is 27.4 Å². The van der Waals surface area contributed by atoms with Gasteiger partial charge in [-0.25, -0.2) is 9.59 Å². The second-order valence-electron chi connectivity index (χ2n) is 5.23. The summed E-state index contributed by atoms with van der Waals surface area (Å²) in [6.07, 6.45) is 0.689. The van der Waals surface area contributed by atoms with Crippen molar-refractivity contribution in [3.63, 3.8) is 0 Å². The molecular weight excluding hydrogens is 322 g/mol. The predicted octanol–water partition coefficient (Wildman–Crippen LogP) is 3.52. The number of hydrogen-bond acceptors (Lipinski definition) is 4. The molecule has 3 aromatic rings. The number of H-pyrrole nitrogens is 1. The summed E-state index contributed by atoms with van der Waals surface area (Å²) >= 11 is 0. The molecule has 0 bridgehead atoms. The lowest BCUT2D eigenvalue weighted by atomic mass is 10.1. The Kier molecular flexibility index (Phi) is 4.75. The highest BCUT2D eigenvalue weighted by molar-refractivity contribution is 5.94. The number of aromatic amines is 1. The molecule has 0 spiro atoms. The maximum absolute atomic E-state index is 11.8. The summed E-state index contributed by atoms with van der Waals surface area (Å²) in [5, 5.41) is 18.1. The Morgan fingerprint density at radius 3 is 2.48 bits per heavy atom. The van der Waals surface area contributed by atoms with E-state index < -0.39 is 12.1 Å². The molecule has 0 atom stereocenters. The molecular formula is C18H15N3O4. The molecule has 25 heavy (non-hydrogen) atoms. The number of nitrogens with one attached hydrogen (secondary N) is 2. The van der Waals surface area contributed by atoms with Gasteiger partial charge in [0, 0.05) is 11.3 Å². The summed E-state index contributed by atoms with van der Waals surface area (Å²) in [7, 11) is 0. The average molecular weight is 337 g/mol. The van der Waals surface area contributed by atoms with Gasteiger partial charge in [0.15, 0.2) is 0 Å². The third-order valence-electron chi connectivity index (χ3n) is 3.50. The SMILES string of the molecule is O=C(Nc1ccc(-c2[nH]ncc2C(=O)O)cc1)OCc1ccccc1. The average Bonchev–Trinajstić information content (AvgIpc) is 3.12. The van der Waals surface area contributed by atoms with E-state index in [1.54, 1.807) is 24.3 Å². The first kappa shape index (κ1) is 16.3. The summed E-state index contributed by atoms with van der Waals surface area (Å²) in [5.41, 5.74) is 2.58. The van der Waals surface area contributed by atoms with E-state index in [4.69, 9.17) is 9.84 Å². The Morgan fingerprint density at radius 2 is 1.80 bits per heavy atom. The number of carboxylic acid groups (broad SMARTS) is 1. The van der Waals surface area contributed by atoms with Gasteiger partial charge in [0.1, 0.15) is 12.2 Å². The number of hydrogen-bond donors (Lipinski definition) is 3. The van der Waals surface area contributed by atoms with Gasteiger partial charge in [-0.3, -0.25) is 10.4 Å². The van der Waals surface area contributed by atoms with Gasteiger partial charge in [-0.15, -0.1) is 0 Å². The maximum atomic E-state index is 11.8. The molecule has 1 aromatic heterocycles. The van der Waals surface area contributed by atoms with E-state index >= 15 is 0 Å². The van der Waals surface area contributed by atoms with E-state index in [0.717, 1.165) is 5.56 Å². The van der Waals surface area contributed by atoms with Crippen molar-refractivity contribution >= 4 is 17.7 Å². The third-order valence-corrected chi connectivity index (χ3v) is 3.50. The van der Waals surface area contributed by atoms with Crippen LogP contribution in [-0.2, 0) is 11.3 Å². The molecule has 3 rings (SSSR count). The van der Waals surface area contributed by atoms with Gasteiger partial charge in [-0.1, -0.05) is 42.5 Å². The van der Waals surface area contributed by atoms with Crippen LogP contribution in [0.2, 0.25) is 0 Å². The summed E-state index contributed by atoms with van der Waals surface area (Å²) in [4.78, 5) is 22.9. The fourth-order valence-electron chi connectivity index (χ4n) is 2.27. The third kappa shape index (κ3) is 4.03. The molecule has 7 nitrogen and oxygen atoms in total. The summed E-state index contributed by atoms with van der Waals surface area (Å²) in [6.45, 7) is 0.181. The van der Waals surface area contributed by atoms with Crippen LogP contribution < -0.4 is 5.32 Å². The highest BCUT2D eigenvalue weighted by atomic mass is 16.5. The molecule has 0 aliphatic heterocycles. The first-order chi connectivity index (χ1) is 12.1. The molecule has 0 aliphatic rings. The topological polar surface area (TPSA) is 104 Å². The molecule has 0 aliphatic carbocycles. The van der Waals surface area contributed by atoms with E-state index in [2.05, 4.69) is 15.5 Å². The fraction of sp³-hybridized carbons (Fsp3) is 0.0556. The standard InChI is InChI=1S/C18H15N3O4/c22-17(23)15-10-19-21-16(15)13-6-8-14(9-7-13)20-18(24)25-11-12-4-2-1-3-5-12/h1-10H,11H2,(H,19,21)(H,20,24)(H,22,23). The van der Waals surface area contributed by atoms with E-state index in [0.29, 0.717) is 16.9 Å². The molecule has 0 unspecified atom stereocenters. The summed E-state index contributed by atoms with van der Waals surface area (Å²) < 4.78 is 5.14. The van der Waals surface area contributed by atoms with E-state index in [1.807, 2.05) is 30.3 Å². The number of carbonyl (C=O) groups excluding carboxylic acids is 1. The van der Waals surface area contributed by atoms with Crippen LogP contribution in [0.3, 0.4) is 0 Å². The van der Waals surface area contributed by atoms with Crippen LogP contribution >= 0.6 is 0 Å². The van der Waals surface area contributed by atoms with E-state index in [-0.39, 0.29) is 12.2 Å². The van der Waals surface area contributed by atoms with Crippen LogP contribution in [0.4, 0.5) is 10.5 Å². The van der Waals surface area contributed by atoms with Gasteiger partial charge in [0.25, 0.3) is 0 Å². The number of amides is 1. The zero-order valence-corrected chi connectivity index (χ0v) is 13.1. The molecule has 1 heterocycles. The van der Waals surface area contributed by atoms with Gasteiger partial charge in [0.2, 0.25) is 0 Å². The number of benzene rings is 2. The number of anilines is 1. The molecule has 126 valence electrons. The van der Waals surface area contributed by atoms with Crippen molar-refractivity contribution in [2.24, 2.45) is 0 Å². The minimum atomic E-state index is -1.06. The van der Waals surface area contributed by atoms with Crippen molar-refractivity contribution in [3.8, 4) is 11.3 Å². The monoisotopic (exact) mass is 337 g/mol. The van der Waals surface area contributed by atoms with Gasteiger partial charge in [-0.2, -0.15) is 5.10 Å². The minimum absolute atomic E-state index is 0.0861. The lowest BCUT2D eigenvalue weighted by Gasteiger charge is -2.08. The molecule has 0 radical (unpaired) electrons. The predicted molar refractivity (Wildman–Crippen MR) is 91.2 cm³/mol. The quantitative estimate of drug-likeness (QED) is 0.661. The van der Waals surface area contributed by atoms with Crippen molar-refractivity contribution in [2.45, 2.75) is 6.61 Å². The summed E-state index contributed by atoms with van der Waals surface area (Å²) in [5.74, 6) is -1.06. The van der Waals surface area contributed by atoms with Crippen LogP contribution in [0.5, 0.6) is 0 Å². The lowest BCUT2D eigenvalue weighted by Crippen LogP contribution is -2.13. The van der Waals surface area contributed by atoms with Crippen molar-refractivity contribution in [2.75, 3.05) is 5.32 Å². The van der Waals surface area contributed by atoms with Crippen LogP contribution in [0.25, 0.3) is 11.3 Å². The second-order valence-corrected chi connectivity index (χ2v) is 5.23. The van der Waals surface area contributed by atoms with E-state index in [9.17, 15) is 9.59 Å². The molecule has 0 saturated heterocycles. The number of carbonyl (C=O) groups is 2. The number of carboxylic acids is 1. The van der Waals surface area contributed by atoms with Crippen molar-refractivity contribution < 1.29 is 19.4 Å². The zero-order valence-electron chi connectivity index (χ0n) is 13.1. The lowest BCUT2D eigenvalue weighted by molar-refractivity contribution is 0.0697. The highest BCUT2D eigenvalue weighted by Gasteiger charge is 2.14. The van der Waals surface area contributed by atoms with E-state index in [1.165, 1.54) is 6.20 Å². The molecule has 1 amide bonds. The first-order valence-electron chi connectivity index (χ1n) is 7.48. The van der Waals surface area contributed by atoms with Gasteiger partial charge >= 0.3 is 12.1 Å². The Balaban J connectivity index is 1.61. The van der Waals surface area contributed by atoms with Crippen LogP contribution in [0.15, 0.2) is 60.8 Å². The number of nitrogens with zero attached hydrogens (tertiary/aromatic N) is 1. The normalized spacial score (nSPS) is 10.2. The highest BCUT2D eigenvalue weighted by Crippen LogP contribution is 2.23. The van der Waals surface area contributed by atoms with Gasteiger partial charge in [0.05, 0.1) is 11.9 Å². The number of aromatic nitrogens is 2. The number of aromatic carboxylic acids is 1. The molecule has 7 heteroatoms. The van der Waals surface area contributed by atoms with Crippen LogP contribution in [0.1, 0.15) is 15.9 Å². The maximum Gasteiger partial charge on any atom is 0.411 e. The Hall–Kier alpha value is -3.61. The molecule has 0 fully saturated rings. The van der Waals surface area contributed by atoms with Gasteiger partial charge in [-0.05, 0) is 17.7 Å². The first-order valence-corrected chi connectivity index (χ1v) is 7.48. The second kappa shape index (κ2) is 7.31. The molecule has 2 aromatic carbocycles. The van der Waals surface area contributed by atoms with Crippen LogP contribution in [0, 0.1) is 0 Å². The smallest absolute Gasteiger partial charge is 0.411 e. The molecule has 3 N–H and O–H groups in total. The number of rotatable bonds is 5. The fourth-order valence-corrected chi connectivity index (χ4v) is 2.27. The van der Waals surface area contributed by atoms with Crippen molar-refractivity contribution in [3.05, 3.63) is 71.9 Å². The Morgan fingerprint density at radius 1 is 1.08 bits per heavy atom. The zero-order chi connectivity index (χ0) is 17.6. The Bertz CT molecular complexity index is 873. The number of ether oxygens (including phenoxy) is 1. The summed E-state index contributed by atoms with van der Waals surface area (Å²) in [6, 6.07) is 16.1. The Labute approximate surface area is 143 Å². The minimum Gasteiger partial charge on any atom is -0.478 e. The van der Waals surface area contributed by atoms with Crippen molar-refractivity contribution in [1.29, 1.82) is 0 Å². The molecule has 0 saturated carbocycles.